The molecule has 0 amide bonds. The molecule has 1 unspecified atom stereocenters. The molecule has 13 heavy (non-hydrogen) atoms. The molecule has 78 valence electrons. The van der Waals surface area contributed by atoms with Crippen molar-refractivity contribution in [2.45, 2.75) is 25.5 Å². The maximum absolute atomic E-state index is 11.7. The average molecular weight is 317 g/mol. The monoisotopic (exact) mass is 317 g/mol. The minimum atomic E-state index is -2.99. The number of sulfonamides is 1. The zero-order chi connectivity index (χ0) is 10.1. The van der Waals surface area contributed by atoms with Crippen molar-refractivity contribution in [3.63, 3.8) is 0 Å². The highest BCUT2D eigenvalue weighted by atomic mass is 127. The van der Waals surface area contributed by atoms with E-state index in [1.54, 1.807) is 18.2 Å². The molecule has 1 heterocycles. The molecule has 0 aromatic heterocycles. The van der Waals surface area contributed by atoms with Gasteiger partial charge in [0.05, 0.1) is 5.25 Å². The molecule has 0 N–H and O–H groups in total. The molecule has 1 rings (SSSR count). The normalized spacial score (nSPS) is 25.7. The summed E-state index contributed by atoms with van der Waals surface area (Å²) in [4.78, 5) is 0. The zero-order valence-corrected chi connectivity index (χ0v) is 11.0. The van der Waals surface area contributed by atoms with Gasteiger partial charge in [-0.3, -0.25) is 0 Å². The molecule has 0 saturated carbocycles. The second kappa shape index (κ2) is 4.44. The molecule has 0 aromatic carbocycles. The lowest BCUT2D eigenvalue weighted by Crippen LogP contribution is -2.34. The second-order valence-corrected chi connectivity index (χ2v) is 7.13. The van der Waals surface area contributed by atoms with Gasteiger partial charge in [0.2, 0.25) is 10.0 Å². The lowest BCUT2D eigenvalue weighted by molar-refractivity contribution is 0.459. The highest BCUT2D eigenvalue weighted by Gasteiger charge is 2.32. The predicted octanol–water partition coefficient (Wildman–Crippen LogP) is 1.48. The van der Waals surface area contributed by atoms with Gasteiger partial charge in [-0.05, 0) is 26.2 Å². The van der Waals surface area contributed by atoms with Crippen LogP contribution in [0.2, 0.25) is 0 Å². The smallest absolute Gasteiger partial charge is 0.212 e. The van der Waals surface area contributed by atoms with E-state index in [-0.39, 0.29) is 5.25 Å². The number of halogens is 1. The van der Waals surface area contributed by atoms with Gasteiger partial charge in [0.1, 0.15) is 0 Å². The van der Waals surface area contributed by atoms with E-state index in [0.29, 0.717) is 12.5 Å². The fourth-order valence-corrected chi connectivity index (χ4v) is 3.55. The van der Waals surface area contributed by atoms with Crippen molar-refractivity contribution in [3.05, 3.63) is 0 Å². The van der Waals surface area contributed by atoms with Crippen molar-refractivity contribution in [1.82, 2.24) is 4.31 Å². The summed E-state index contributed by atoms with van der Waals surface area (Å²) in [6, 6.07) is 0. The van der Waals surface area contributed by atoms with Gasteiger partial charge in [-0.25, -0.2) is 12.7 Å². The Bertz CT molecular complexity index is 263. The lowest BCUT2D eigenvalue weighted by atomic mass is 10.2. The van der Waals surface area contributed by atoms with Crippen LogP contribution in [0.1, 0.15) is 20.3 Å². The minimum absolute atomic E-state index is 0.277. The predicted molar refractivity (Wildman–Crippen MR) is 62.6 cm³/mol. The first-order chi connectivity index (χ1) is 5.98. The van der Waals surface area contributed by atoms with Crippen LogP contribution < -0.4 is 0 Å². The Balaban J connectivity index is 2.66. The Morgan fingerprint density at radius 3 is 2.54 bits per heavy atom. The summed E-state index contributed by atoms with van der Waals surface area (Å²) in [5.41, 5.74) is 0. The summed E-state index contributed by atoms with van der Waals surface area (Å²) in [5, 5.41) is -0.277. The van der Waals surface area contributed by atoms with Crippen LogP contribution in [-0.2, 0) is 10.0 Å². The molecule has 1 fully saturated rings. The molecule has 1 aliphatic heterocycles. The van der Waals surface area contributed by atoms with Crippen molar-refractivity contribution in [3.8, 4) is 0 Å². The van der Waals surface area contributed by atoms with E-state index < -0.39 is 10.0 Å². The first kappa shape index (κ1) is 11.7. The van der Waals surface area contributed by atoms with Crippen molar-refractivity contribution in [1.29, 1.82) is 0 Å². The summed E-state index contributed by atoms with van der Waals surface area (Å²) in [6.45, 7) is 4.93. The van der Waals surface area contributed by atoms with Gasteiger partial charge in [-0.15, -0.1) is 0 Å². The third-order valence-electron chi connectivity index (χ3n) is 2.42. The standard InChI is InChI=1S/C8H16INO2S/c1-7(2)13(11,12)10-4-3-8(5-9)6-10/h7-8H,3-6H2,1-2H3. The Labute approximate surface area is 94.1 Å². The van der Waals surface area contributed by atoms with Crippen LogP contribution in [0.15, 0.2) is 0 Å². The number of rotatable bonds is 3. The van der Waals surface area contributed by atoms with Crippen LogP contribution in [0.5, 0.6) is 0 Å². The van der Waals surface area contributed by atoms with Crippen LogP contribution in [-0.4, -0.2) is 35.5 Å². The number of alkyl halides is 1. The van der Waals surface area contributed by atoms with Crippen LogP contribution in [0.25, 0.3) is 0 Å². The molecule has 1 aliphatic rings. The average Bonchev–Trinajstić information content (AvgIpc) is 2.51. The quantitative estimate of drug-likeness (QED) is 0.584. The van der Waals surface area contributed by atoms with E-state index in [9.17, 15) is 8.42 Å². The number of hydrogen-bond donors (Lipinski definition) is 0. The fourth-order valence-electron chi connectivity index (χ4n) is 1.45. The number of hydrogen-bond acceptors (Lipinski definition) is 2. The van der Waals surface area contributed by atoms with Crippen molar-refractivity contribution >= 4 is 32.6 Å². The summed E-state index contributed by atoms with van der Waals surface area (Å²) in [7, 11) is -2.99. The van der Waals surface area contributed by atoms with Gasteiger partial charge < -0.3 is 0 Å². The molecule has 0 aromatic rings. The third-order valence-corrected chi connectivity index (χ3v) is 5.91. The summed E-state index contributed by atoms with van der Waals surface area (Å²) < 4.78 is 26.1. The van der Waals surface area contributed by atoms with E-state index in [2.05, 4.69) is 22.6 Å². The van der Waals surface area contributed by atoms with Gasteiger partial charge in [0, 0.05) is 17.5 Å². The minimum Gasteiger partial charge on any atom is -0.212 e. The number of nitrogens with zero attached hydrogens (tertiary/aromatic N) is 1. The third kappa shape index (κ3) is 2.56. The molecule has 0 radical (unpaired) electrons. The van der Waals surface area contributed by atoms with E-state index >= 15 is 0 Å². The van der Waals surface area contributed by atoms with E-state index in [4.69, 9.17) is 0 Å². The first-order valence-corrected chi connectivity index (χ1v) is 7.56. The van der Waals surface area contributed by atoms with Gasteiger partial charge in [0.25, 0.3) is 0 Å². The largest absolute Gasteiger partial charge is 0.216 e. The van der Waals surface area contributed by atoms with E-state index in [1.165, 1.54) is 0 Å². The topological polar surface area (TPSA) is 37.4 Å². The fraction of sp³-hybridized carbons (Fsp3) is 1.00. The zero-order valence-electron chi connectivity index (χ0n) is 8.03. The molecule has 3 nitrogen and oxygen atoms in total. The maximum Gasteiger partial charge on any atom is 0.216 e. The van der Waals surface area contributed by atoms with Gasteiger partial charge >= 0.3 is 0 Å². The first-order valence-electron chi connectivity index (χ1n) is 4.53. The SMILES string of the molecule is CC(C)S(=O)(=O)N1CCC(CI)C1. The molecular formula is C8H16INO2S. The highest BCUT2D eigenvalue weighted by molar-refractivity contribution is 14.1. The second-order valence-electron chi connectivity index (χ2n) is 3.76. The summed E-state index contributed by atoms with van der Waals surface area (Å²) >= 11 is 2.32. The van der Waals surface area contributed by atoms with Crippen LogP contribution >= 0.6 is 22.6 Å². The van der Waals surface area contributed by atoms with Gasteiger partial charge in [-0.2, -0.15) is 0 Å². The Kier molecular flexibility index (Phi) is 4.00. The summed E-state index contributed by atoms with van der Waals surface area (Å²) in [6.07, 6.45) is 1.02. The lowest BCUT2D eigenvalue weighted by Gasteiger charge is -2.18. The van der Waals surface area contributed by atoms with Crippen LogP contribution in [0.4, 0.5) is 0 Å². The summed E-state index contributed by atoms with van der Waals surface area (Å²) in [5.74, 6) is 0.564. The van der Waals surface area contributed by atoms with Crippen LogP contribution in [0, 0.1) is 5.92 Å². The van der Waals surface area contributed by atoms with E-state index in [1.807, 2.05) is 0 Å². The molecule has 1 saturated heterocycles. The maximum atomic E-state index is 11.7. The molecule has 1 atom stereocenters. The van der Waals surface area contributed by atoms with E-state index in [0.717, 1.165) is 17.4 Å². The van der Waals surface area contributed by atoms with Gasteiger partial charge in [-0.1, -0.05) is 22.6 Å². The van der Waals surface area contributed by atoms with Crippen molar-refractivity contribution in [2.24, 2.45) is 5.92 Å². The van der Waals surface area contributed by atoms with Gasteiger partial charge in [0.15, 0.2) is 0 Å². The highest BCUT2D eigenvalue weighted by Crippen LogP contribution is 2.22. The molecule has 0 bridgehead atoms. The molecule has 0 aliphatic carbocycles. The molecular weight excluding hydrogens is 301 g/mol. The molecule has 0 spiro atoms. The Hall–Kier alpha value is 0.640. The Morgan fingerprint density at radius 1 is 1.54 bits per heavy atom. The van der Waals surface area contributed by atoms with Crippen molar-refractivity contribution < 1.29 is 8.42 Å². The Morgan fingerprint density at radius 2 is 2.15 bits per heavy atom. The van der Waals surface area contributed by atoms with Crippen LogP contribution in [0.3, 0.4) is 0 Å². The molecule has 5 heteroatoms. The van der Waals surface area contributed by atoms with Crippen molar-refractivity contribution in [2.75, 3.05) is 17.5 Å².